The Hall–Kier alpha value is -3.72. The van der Waals surface area contributed by atoms with E-state index in [-0.39, 0.29) is 28.4 Å². The van der Waals surface area contributed by atoms with E-state index in [0.717, 1.165) is 0 Å². The molecule has 1 aliphatic heterocycles. The first-order chi connectivity index (χ1) is 15.9. The Kier molecular flexibility index (Phi) is 5.13. The summed E-state index contributed by atoms with van der Waals surface area (Å²) < 4.78 is 17.1. The number of nitrogens with zero attached hydrogens (tertiary/aromatic N) is 3. The fraction of sp³-hybridized carbons (Fsp3) is 0.250. The van der Waals surface area contributed by atoms with E-state index in [0.29, 0.717) is 32.6 Å². The summed E-state index contributed by atoms with van der Waals surface area (Å²) in [5.74, 6) is 0.728. The molecule has 1 aliphatic rings. The molecule has 33 heavy (non-hydrogen) atoms. The van der Waals surface area contributed by atoms with Gasteiger partial charge in [0.05, 0.1) is 30.2 Å². The molecule has 8 nitrogen and oxygen atoms in total. The summed E-state index contributed by atoms with van der Waals surface area (Å²) >= 11 is 1.28. The van der Waals surface area contributed by atoms with Crippen molar-refractivity contribution in [3.05, 3.63) is 74.6 Å². The van der Waals surface area contributed by atoms with Crippen LogP contribution in [0.2, 0.25) is 0 Å². The fourth-order valence-corrected chi connectivity index (χ4v) is 4.72. The van der Waals surface area contributed by atoms with Crippen molar-refractivity contribution in [1.82, 2.24) is 10.2 Å². The molecule has 2 aromatic carbocycles. The molecule has 0 N–H and O–H groups in total. The molecule has 4 aromatic rings. The monoisotopic (exact) mass is 463 g/mol. The first-order valence-electron chi connectivity index (χ1n) is 10.4. The van der Waals surface area contributed by atoms with Crippen molar-refractivity contribution in [2.75, 3.05) is 12.0 Å². The molecule has 2 aromatic heterocycles. The molecule has 168 valence electrons. The number of carbonyl (C=O) groups is 1. The molecule has 0 radical (unpaired) electrons. The molecule has 1 atom stereocenters. The third kappa shape index (κ3) is 3.54. The molecule has 0 spiro atoms. The normalized spacial score (nSPS) is 15.4. The highest BCUT2D eigenvalue weighted by Gasteiger charge is 2.45. The SMILES string of the molecule is COc1ccc2c(=O)c3c(oc2c1)C(=O)N(c1nnc(C)s1)[C@@H]3c1cccc(OC(C)C)c1. The molecule has 0 bridgehead atoms. The number of aromatic nitrogens is 2. The molecule has 0 unspecified atom stereocenters. The maximum absolute atomic E-state index is 13.7. The van der Waals surface area contributed by atoms with Crippen LogP contribution in [0.1, 0.15) is 46.6 Å². The number of hydrogen-bond acceptors (Lipinski definition) is 8. The van der Waals surface area contributed by atoms with Gasteiger partial charge in [0.1, 0.15) is 22.1 Å². The Morgan fingerprint density at radius 3 is 2.61 bits per heavy atom. The Morgan fingerprint density at radius 2 is 1.91 bits per heavy atom. The van der Waals surface area contributed by atoms with Crippen molar-refractivity contribution in [3.63, 3.8) is 0 Å². The minimum absolute atomic E-state index is 0.00575. The van der Waals surface area contributed by atoms with Gasteiger partial charge in [-0.2, -0.15) is 0 Å². The molecule has 5 rings (SSSR count). The Bertz CT molecular complexity index is 1440. The summed E-state index contributed by atoms with van der Waals surface area (Å²) in [7, 11) is 1.53. The highest BCUT2D eigenvalue weighted by molar-refractivity contribution is 7.15. The van der Waals surface area contributed by atoms with Crippen LogP contribution < -0.4 is 19.8 Å². The quantitative estimate of drug-likeness (QED) is 0.430. The van der Waals surface area contributed by atoms with Gasteiger partial charge in [-0.3, -0.25) is 14.5 Å². The zero-order chi connectivity index (χ0) is 23.3. The third-order valence-corrected chi connectivity index (χ3v) is 6.18. The summed E-state index contributed by atoms with van der Waals surface area (Å²) in [4.78, 5) is 28.7. The average Bonchev–Trinajstić information content (AvgIpc) is 3.34. The van der Waals surface area contributed by atoms with Gasteiger partial charge in [-0.1, -0.05) is 23.5 Å². The number of carbonyl (C=O) groups excluding carboxylic acids is 1. The van der Waals surface area contributed by atoms with Gasteiger partial charge >= 0.3 is 0 Å². The van der Waals surface area contributed by atoms with Crippen LogP contribution >= 0.6 is 11.3 Å². The van der Waals surface area contributed by atoms with Crippen LogP contribution in [0.4, 0.5) is 5.13 Å². The van der Waals surface area contributed by atoms with Gasteiger partial charge in [-0.05, 0) is 50.6 Å². The number of fused-ring (bicyclic) bond motifs is 2. The number of methoxy groups -OCH3 is 1. The maximum Gasteiger partial charge on any atom is 0.297 e. The molecular weight excluding hydrogens is 442 g/mol. The summed E-state index contributed by atoms with van der Waals surface area (Å²) in [5.41, 5.74) is 1.00. The lowest BCUT2D eigenvalue weighted by Crippen LogP contribution is -2.29. The Balaban J connectivity index is 1.76. The topological polar surface area (TPSA) is 94.8 Å². The number of ether oxygens (including phenoxy) is 2. The second kappa shape index (κ2) is 8.00. The number of anilines is 1. The zero-order valence-corrected chi connectivity index (χ0v) is 19.3. The number of benzene rings is 2. The van der Waals surface area contributed by atoms with Crippen molar-refractivity contribution in [2.24, 2.45) is 0 Å². The standard InChI is InChI=1S/C24H21N3O5S/c1-12(2)31-16-7-5-6-14(10-16)20-19-21(28)17-9-8-15(30-4)11-18(17)32-22(19)23(29)27(20)24-26-25-13(3)33-24/h5-12,20H,1-4H3/t20-/m1/s1. The van der Waals surface area contributed by atoms with Gasteiger partial charge in [-0.15, -0.1) is 10.2 Å². The van der Waals surface area contributed by atoms with E-state index in [1.807, 2.05) is 45.0 Å². The molecule has 9 heteroatoms. The van der Waals surface area contributed by atoms with Crippen LogP contribution in [0.3, 0.4) is 0 Å². The van der Waals surface area contributed by atoms with Crippen LogP contribution in [0.15, 0.2) is 51.7 Å². The van der Waals surface area contributed by atoms with Crippen LogP contribution in [0.25, 0.3) is 11.0 Å². The zero-order valence-electron chi connectivity index (χ0n) is 18.5. The van der Waals surface area contributed by atoms with Gasteiger partial charge < -0.3 is 13.9 Å². The lowest BCUT2D eigenvalue weighted by molar-refractivity contribution is 0.0970. The minimum atomic E-state index is -0.724. The first kappa shape index (κ1) is 21.1. The van der Waals surface area contributed by atoms with E-state index in [9.17, 15) is 9.59 Å². The molecule has 0 saturated heterocycles. The molecule has 0 aliphatic carbocycles. The number of aryl methyl sites for hydroxylation is 1. The Morgan fingerprint density at radius 1 is 1.09 bits per heavy atom. The second-order valence-corrected chi connectivity index (χ2v) is 9.12. The van der Waals surface area contributed by atoms with E-state index < -0.39 is 11.9 Å². The number of hydrogen-bond donors (Lipinski definition) is 0. The van der Waals surface area contributed by atoms with E-state index in [4.69, 9.17) is 13.9 Å². The van der Waals surface area contributed by atoms with E-state index in [2.05, 4.69) is 10.2 Å². The van der Waals surface area contributed by atoms with Crippen molar-refractivity contribution in [1.29, 1.82) is 0 Å². The largest absolute Gasteiger partial charge is 0.497 e. The predicted octanol–water partition coefficient (Wildman–Crippen LogP) is 4.50. The van der Waals surface area contributed by atoms with E-state index >= 15 is 0 Å². The van der Waals surface area contributed by atoms with Crippen LogP contribution in [0.5, 0.6) is 11.5 Å². The van der Waals surface area contributed by atoms with E-state index in [1.165, 1.54) is 23.3 Å². The van der Waals surface area contributed by atoms with Crippen molar-refractivity contribution in [3.8, 4) is 11.5 Å². The van der Waals surface area contributed by atoms with Gasteiger partial charge in [-0.25, -0.2) is 0 Å². The highest BCUT2D eigenvalue weighted by Crippen LogP contribution is 2.42. The van der Waals surface area contributed by atoms with Gasteiger partial charge in [0.2, 0.25) is 10.9 Å². The van der Waals surface area contributed by atoms with Crippen LogP contribution in [0, 0.1) is 6.92 Å². The minimum Gasteiger partial charge on any atom is -0.497 e. The Labute approximate surface area is 193 Å². The van der Waals surface area contributed by atoms with Crippen LogP contribution in [-0.2, 0) is 0 Å². The summed E-state index contributed by atoms with van der Waals surface area (Å²) in [6.07, 6.45) is -0.0244. The maximum atomic E-state index is 13.7. The molecule has 1 amide bonds. The number of amides is 1. The first-order valence-corrected chi connectivity index (χ1v) is 11.2. The van der Waals surface area contributed by atoms with Crippen molar-refractivity contribution >= 4 is 33.3 Å². The molecule has 3 heterocycles. The van der Waals surface area contributed by atoms with Crippen LogP contribution in [-0.4, -0.2) is 29.3 Å². The second-order valence-electron chi connectivity index (χ2n) is 7.96. The smallest absolute Gasteiger partial charge is 0.297 e. The summed E-state index contributed by atoms with van der Waals surface area (Å²) in [5, 5.41) is 9.72. The molecule has 0 saturated carbocycles. The lowest BCUT2D eigenvalue weighted by atomic mass is 9.98. The predicted molar refractivity (Wildman–Crippen MR) is 125 cm³/mol. The summed E-state index contributed by atoms with van der Waals surface area (Å²) in [6, 6.07) is 11.6. The fourth-order valence-electron chi connectivity index (χ4n) is 4.00. The molecule has 0 fully saturated rings. The average molecular weight is 464 g/mol. The lowest BCUT2D eigenvalue weighted by Gasteiger charge is -2.22. The third-order valence-electron chi connectivity index (χ3n) is 5.35. The number of rotatable bonds is 5. The highest BCUT2D eigenvalue weighted by atomic mass is 32.1. The van der Waals surface area contributed by atoms with Gasteiger partial charge in [0.15, 0.2) is 5.43 Å². The van der Waals surface area contributed by atoms with E-state index in [1.54, 1.807) is 18.2 Å². The van der Waals surface area contributed by atoms with Gasteiger partial charge in [0.25, 0.3) is 5.91 Å². The molecular formula is C24H21N3O5S. The van der Waals surface area contributed by atoms with Crippen molar-refractivity contribution < 1.29 is 18.7 Å². The van der Waals surface area contributed by atoms with Crippen molar-refractivity contribution in [2.45, 2.75) is 32.9 Å². The summed E-state index contributed by atoms with van der Waals surface area (Å²) in [6.45, 7) is 5.68. The van der Waals surface area contributed by atoms with Gasteiger partial charge in [0, 0.05) is 6.07 Å².